The van der Waals surface area contributed by atoms with E-state index in [-0.39, 0.29) is 17.9 Å². The molecule has 1 heterocycles. The molecule has 1 aromatic carbocycles. The monoisotopic (exact) mass is 276 g/mol. The summed E-state index contributed by atoms with van der Waals surface area (Å²) in [5, 5.41) is 0. The second kappa shape index (κ2) is 5.94. The van der Waals surface area contributed by atoms with Gasteiger partial charge in [0.1, 0.15) is 11.8 Å². The lowest BCUT2D eigenvalue weighted by atomic mass is 10.1. The van der Waals surface area contributed by atoms with Gasteiger partial charge in [-0.1, -0.05) is 6.07 Å². The maximum Gasteiger partial charge on any atom is 0.254 e. The van der Waals surface area contributed by atoms with E-state index in [1.807, 2.05) is 0 Å². The maximum absolute atomic E-state index is 12.6. The molecule has 0 saturated carbocycles. The fraction of sp³-hybridized carbons (Fsp3) is 0.467. The Bertz CT molecular complexity index is 514. The summed E-state index contributed by atoms with van der Waals surface area (Å²) in [4.78, 5) is 27.9. The molecule has 5 nitrogen and oxygen atoms in total. The van der Waals surface area contributed by atoms with E-state index in [9.17, 15) is 9.59 Å². The van der Waals surface area contributed by atoms with Crippen LogP contribution in [0.3, 0.4) is 0 Å². The molecule has 0 aliphatic carbocycles. The van der Waals surface area contributed by atoms with Gasteiger partial charge in [-0.2, -0.15) is 0 Å². The molecule has 0 aromatic heterocycles. The normalized spacial score (nSPS) is 17.9. The third-order valence-corrected chi connectivity index (χ3v) is 3.56. The first-order valence-corrected chi connectivity index (χ1v) is 6.70. The molecular formula is C15H20N2O3. The topological polar surface area (TPSA) is 49.9 Å². The summed E-state index contributed by atoms with van der Waals surface area (Å²) in [5.41, 5.74) is 0.558. The Morgan fingerprint density at radius 2 is 2.10 bits per heavy atom. The van der Waals surface area contributed by atoms with Crippen LogP contribution in [0.15, 0.2) is 24.3 Å². The van der Waals surface area contributed by atoms with Crippen molar-refractivity contribution in [3.05, 3.63) is 29.8 Å². The van der Waals surface area contributed by atoms with Crippen LogP contribution in [0.2, 0.25) is 0 Å². The average molecular weight is 276 g/mol. The number of rotatable bonds is 3. The predicted molar refractivity (Wildman–Crippen MR) is 75.7 cm³/mol. The van der Waals surface area contributed by atoms with Gasteiger partial charge in [-0.3, -0.25) is 9.59 Å². The second-order valence-corrected chi connectivity index (χ2v) is 5.12. The van der Waals surface area contributed by atoms with Crippen molar-refractivity contribution in [3.8, 4) is 5.75 Å². The smallest absolute Gasteiger partial charge is 0.254 e. The summed E-state index contributed by atoms with van der Waals surface area (Å²) >= 11 is 0. The fourth-order valence-corrected chi connectivity index (χ4v) is 2.49. The van der Waals surface area contributed by atoms with Gasteiger partial charge in [-0.15, -0.1) is 0 Å². The molecule has 0 radical (unpaired) electrons. The van der Waals surface area contributed by atoms with Crippen LogP contribution in [0.4, 0.5) is 0 Å². The van der Waals surface area contributed by atoms with Crippen molar-refractivity contribution in [1.82, 2.24) is 9.80 Å². The molecule has 0 N–H and O–H groups in total. The van der Waals surface area contributed by atoms with Crippen molar-refractivity contribution in [2.45, 2.75) is 18.9 Å². The fourth-order valence-electron chi connectivity index (χ4n) is 2.49. The third kappa shape index (κ3) is 2.76. The van der Waals surface area contributed by atoms with Crippen molar-refractivity contribution >= 4 is 11.8 Å². The number of methoxy groups -OCH3 is 1. The van der Waals surface area contributed by atoms with Gasteiger partial charge in [-0.25, -0.2) is 0 Å². The molecule has 20 heavy (non-hydrogen) atoms. The van der Waals surface area contributed by atoms with Crippen molar-refractivity contribution in [1.29, 1.82) is 0 Å². The van der Waals surface area contributed by atoms with E-state index >= 15 is 0 Å². The van der Waals surface area contributed by atoms with E-state index in [1.54, 1.807) is 55.3 Å². The molecular weight excluding hydrogens is 256 g/mol. The number of carbonyl (C=O) groups is 2. The van der Waals surface area contributed by atoms with Crippen LogP contribution in [0.1, 0.15) is 23.2 Å². The Labute approximate surface area is 119 Å². The molecule has 1 aliphatic heterocycles. The largest absolute Gasteiger partial charge is 0.497 e. The van der Waals surface area contributed by atoms with Crippen LogP contribution >= 0.6 is 0 Å². The Balaban J connectivity index is 2.21. The number of hydrogen-bond acceptors (Lipinski definition) is 3. The molecule has 0 spiro atoms. The van der Waals surface area contributed by atoms with Crippen LogP contribution in [0, 0.1) is 0 Å². The Morgan fingerprint density at radius 1 is 1.35 bits per heavy atom. The van der Waals surface area contributed by atoms with Gasteiger partial charge in [0, 0.05) is 26.2 Å². The first kappa shape index (κ1) is 14.4. The zero-order valence-electron chi connectivity index (χ0n) is 12.1. The van der Waals surface area contributed by atoms with E-state index in [1.165, 1.54) is 0 Å². The third-order valence-electron chi connectivity index (χ3n) is 3.56. The molecule has 108 valence electrons. The van der Waals surface area contributed by atoms with E-state index in [4.69, 9.17) is 4.74 Å². The number of amides is 2. The van der Waals surface area contributed by atoms with Crippen LogP contribution in [-0.2, 0) is 4.79 Å². The van der Waals surface area contributed by atoms with E-state index in [0.717, 1.165) is 12.8 Å². The molecule has 1 aliphatic rings. The molecule has 1 fully saturated rings. The Hall–Kier alpha value is -2.04. The van der Waals surface area contributed by atoms with Crippen LogP contribution in [0.5, 0.6) is 5.75 Å². The number of likely N-dealkylation sites (N-methyl/N-ethyl adjacent to an activating group) is 1. The zero-order chi connectivity index (χ0) is 14.7. The molecule has 2 rings (SSSR count). The van der Waals surface area contributed by atoms with Gasteiger partial charge in [0.15, 0.2) is 0 Å². The number of nitrogens with zero attached hydrogens (tertiary/aromatic N) is 2. The number of likely N-dealkylation sites (tertiary alicyclic amines) is 1. The summed E-state index contributed by atoms with van der Waals surface area (Å²) in [6, 6.07) is 6.69. The van der Waals surface area contributed by atoms with Crippen molar-refractivity contribution in [3.63, 3.8) is 0 Å². The van der Waals surface area contributed by atoms with Crippen LogP contribution in [-0.4, -0.2) is 55.4 Å². The van der Waals surface area contributed by atoms with Gasteiger partial charge in [0.2, 0.25) is 5.91 Å². The summed E-state index contributed by atoms with van der Waals surface area (Å²) in [7, 11) is 5.00. The zero-order valence-corrected chi connectivity index (χ0v) is 12.1. The quantitative estimate of drug-likeness (QED) is 0.838. The average Bonchev–Trinajstić information content (AvgIpc) is 2.94. The van der Waals surface area contributed by atoms with Gasteiger partial charge in [-0.05, 0) is 31.0 Å². The van der Waals surface area contributed by atoms with Crippen molar-refractivity contribution in [2.75, 3.05) is 27.7 Å². The lowest BCUT2D eigenvalue weighted by Crippen LogP contribution is -2.45. The second-order valence-electron chi connectivity index (χ2n) is 5.12. The van der Waals surface area contributed by atoms with Crippen LogP contribution < -0.4 is 4.74 Å². The summed E-state index contributed by atoms with van der Waals surface area (Å²) in [5.74, 6) is 0.519. The van der Waals surface area contributed by atoms with Crippen molar-refractivity contribution in [2.24, 2.45) is 0 Å². The standard InChI is InChI=1S/C15H20N2O3/c1-16(2)15(19)13-8-5-9-17(13)14(18)11-6-4-7-12(10-11)20-3/h4,6-7,10,13H,5,8-9H2,1-3H3. The minimum Gasteiger partial charge on any atom is -0.497 e. The van der Waals surface area contributed by atoms with E-state index < -0.39 is 0 Å². The molecule has 2 amide bonds. The number of carbonyl (C=O) groups excluding carboxylic acids is 2. The summed E-state index contributed by atoms with van der Waals surface area (Å²) in [6.45, 7) is 0.625. The highest BCUT2D eigenvalue weighted by atomic mass is 16.5. The Kier molecular flexibility index (Phi) is 4.27. The van der Waals surface area contributed by atoms with E-state index in [0.29, 0.717) is 17.9 Å². The Morgan fingerprint density at radius 3 is 2.75 bits per heavy atom. The summed E-state index contributed by atoms with van der Waals surface area (Å²) in [6.07, 6.45) is 1.59. The van der Waals surface area contributed by atoms with Gasteiger partial charge < -0.3 is 14.5 Å². The predicted octanol–water partition coefficient (Wildman–Crippen LogP) is 1.39. The number of hydrogen-bond donors (Lipinski definition) is 0. The highest BCUT2D eigenvalue weighted by molar-refractivity contribution is 5.98. The van der Waals surface area contributed by atoms with Crippen molar-refractivity contribution < 1.29 is 14.3 Å². The highest BCUT2D eigenvalue weighted by Gasteiger charge is 2.35. The number of benzene rings is 1. The van der Waals surface area contributed by atoms with Gasteiger partial charge in [0.25, 0.3) is 5.91 Å². The first-order chi connectivity index (χ1) is 9.54. The highest BCUT2D eigenvalue weighted by Crippen LogP contribution is 2.23. The minimum absolute atomic E-state index is 0.0150. The molecule has 1 aromatic rings. The molecule has 5 heteroatoms. The molecule has 1 unspecified atom stereocenters. The molecule has 0 bridgehead atoms. The SMILES string of the molecule is COc1cccc(C(=O)N2CCCC2C(=O)N(C)C)c1. The summed E-state index contributed by atoms with van der Waals surface area (Å²) < 4.78 is 5.13. The van der Waals surface area contributed by atoms with Gasteiger partial charge in [0.05, 0.1) is 7.11 Å². The lowest BCUT2D eigenvalue weighted by molar-refractivity contribution is -0.132. The van der Waals surface area contributed by atoms with Crippen LogP contribution in [0.25, 0.3) is 0 Å². The van der Waals surface area contributed by atoms with E-state index in [2.05, 4.69) is 0 Å². The first-order valence-electron chi connectivity index (χ1n) is 6.70. The lowest BCUT2D eigenvalue weighted by Gasteiger charge is -2.26. The molecule has 1 saturated heterocycles. The van der Waals surface area contributed by atoms with Gasteiger partial charge >= 0.3 is 0 Å². The molecule has 1 atom stereocenters. The minimum atomic E-state index is -0.344. The number of ether oxygens (including phenoxy) is 1. The maximum atomic E-state index is 12.6.